The highest BCUT2D eigenvalue weighted by molar-refractivity contribution is 7.89. The van der Waals surface area contributed by atoms with E-state index in [0.29, 0.717) is 28.8 Å². The van der Waals surface area contributed by atoms with Crippen molar-refractivity contribution in [1.29, 1.82) is 0 Å². The van der Waals surface area contributed by atoms with Crippen LogP contribution in [0.15, 0.2) is 71.8 Å². The van der Waals surface area contributed by atoms with Crippen LogP contribution < -0.4 is 10.5 Å². The number of nitrogens with zero attached hydrogens (tertiary/aromatic N) is 1. The number of hydrogen-bond donors (Lipinski definition) is 2. The maximum atomic E-state index is 13.1. The van der Waals surface area contributed by atoms with Crippen LogP contribution in [0.4, 0.5) is 5.69 Å². The lowest BCUT2D eigenvalue weighted by Crippen LogP contribution is -2.17. The summed E-state index contributed by atoms with van der Waals surface area (Å²) in [4.78, 5) is 17.5. The van der Waals surface area contributed by atoms with Crippen LogP contribution in [0.2, 0.25) is 0 Å². The van der Waals surface area contributed by atoms with Crippen LogP contribution in [0.3, 0.4) is 0 Å². The van der Waals surface area contributed by atoms with E-state index >= 15 is 0 Å². The molecule has 0 fully saturated rings. The van der Waals surface area contributed by atoms with Crippen molar-refractivity contribution in [1.82, 2.24) is 4.98 Å². The van der Waals surface area contributed by atoms with Gasteiger partial charge in [0.2, 0.25) is 10.0 Å². The molecule has 0 aliphatic heterocycles. The molecule has 0 atom stereocenters. The van der Waals surface area contributed by atoms with Crippen LogP contribution in [0, 0.1) is 0 Å². The molecule has 0 unspecified atom stereocenters. The van der Waals surface area contributed by atoms with Gasteiger partial charge in [0.05, 0.1) is 16.0 Å². The number of hydrogen-bond acceptors (Lipinski definition) is 4. The predicted molar refractivity (Wildman–Crippen MR) is 114 cm³/mol. The van der Waals surface area contributed by atoms with Gasteiger partial charge in [-0.15, -0.1) is 0 Å². The van der Waals surface area contributed by atoms with E-state index in [1.165, 1.54) is 6.07 Å². The number of aryl methyl sites for hydroxylation is 1. The second kappa shape index (κ2) is 7.27. The highest BCUT2D eigenvalue weighted by atomic mass is 32.2. The Hall–Kier alpha value is -3.29. The SMILES string of the molecule is CCc1ccc(NC(=O)c2cc3ccccc3c3cccnc23)cc1S(N)(=O)=O. The maximum absolute atomic E-state index is 13.1. The van der Waals surface area contributed by atoms with Crippen LogP contribution in [0.5, 0.6) is 0 Å². The maximum Gasteiger partial charge on any atom is 0.257 e. The average Bonchev–Trinajstić information content (AvgIpc) is 2.72. The summed E-state index contributed by atoms with van der Waals surface area (Å²) in [5.41, 5.74) is 1.95. The predicted octanol–water partition coefficient (Wildman–Crippen LogP) is 3.85. The number of sulfonamides is 1. The number of nitrogens with two attached hydrogens (primary N) is 1. The second-order valence-corrected chi connectivity index (χ2v) is 8.25. The van der Waals surface area contributed by atoms with Gasteiger partial charge >= 0.3 is 0 Å². The fraction of sp³-hybridized carbons (Fsp3) is 0.0909. The lowest BCUT2D eigenvalue weighted by molar-refractivity contribution is 0.102. The number of rotatable bonds is 4. The Labute approximate surface area is 168 Å². The van der Waals surface area contributed by atoms with E-state index in [1.807, 2.05) is 43.3 Å². The average molecular weight is 405 g/mol. The number of carbonyl (C=O) groups is 1. The van der Waals surface area contributed by atoms with Gasteiger partial charge < -0.3 is 5.32 Å². The van der Waals surface area contributed by atoms with Gasteiger partial charge in [-0.2, -0.15) is 0 Å². The minimum atomic E-state index is -3.90. The van der Waals surface area contributed by atoms with Crippen LogP contribution in [0.1, 0.15) is 22.8 Å². The van der Waals surface area contributed by atoms with E-state index in [2.05, 4.69) is 10.3 Å². The van der Waals surface area contributed by atoms with Gasteiger partial charge in [0, 0.05) is 17.3 Å². The van der Waals surface area contributed by atoms with Gasteiger partial charge in [-0.25, -0.2) is 13.6 Å². The van der Waals surface area contributed by atoms with E-state index in [0.717, 1.165) is 16.2 Å². The number of pyridine rings is 1. The lowest BCUT2D eigenvalue weighted by atomic mass is 10.0. The molecule has 7 heteroatoms. The van der Waals surface area contributed by atoms with Crippen molar-refractivity contribution in [3.8, 4) is 0 Å². The third-order valence-corrected chi connectivity index (χ3v) is 5.86. The van der Waals surface area contributed by atoms with Gasteiger partial charge in [0.25, 0.3) is 5.91 Å². The molecule has 0 bridgehead atoms. The first-order valence-electron chi connectivity index (χ1n) is 9.12. The fourth-order valence-electron chi connectivity index (χ4n) is 3.49. The van der Waals surface area contributed by atoms with Crippen LogP contribution in [0.25, 0.3) is 21.7 Å². The van der Waals surface area contributed by atoms with Crippen LogP contribution >= 0.6 is 0 Å². The summed E-state index contributed by atoms with van der Waals surface area (Å²) in [7, 11) is -3.90. The third kappa shape index (κ3) is 3.57. The first-order valence-corrected chi connectivity index (χ1v) is 10.7. The molecule has 4 aromatic rings. The first kappa shape index (κ1) is 19.0. The fourth-order valence-corrected chi connectivity index (χ4v) is 4.36. The zero-order valence-electron chi connectivity index (χ0n) is 15.7. The zero-order chi connectivity index (χ0) is 20.6. The largest absolute Gasteiger partial charge is 0.322 e. The molecule has 146 valence electrons. The summed E-state index contributed by atoms with van der Waals surface area (Å²) in [6.45, 7) is 1.84. The Morgan fingerprint density at radius 1 is 1.03 bits per heavy atom. The van der Waals surface area contributed by atoms with E-state index in [9.17, 15) is 13.2 Å². The van der Waals surface area contributed by atoms with E-state index in [-0.39, 0.29) is 10.8 Å². The van der Waals surface area contributed by atoms with Crippen molar-refractivity contribution in [2.75, 3.05) is 5.32 Å². The van der Waals surface area contributed by atoms with Crippen LogP contribution in [-0.4, -0.2) is 19.3 Å². The van der Waals surface area contributed by atoms with E-state index < -0.39 is 10.0 Å². The van der Waals surface area contributed by atoms with Gasteiger partial charge in [0.15, 0.2) is 0 Å². The van der Waals surface area contributed by atoms with Crippen molar-refractivity contribution >= 4 is 43.3 Å². The first-order chi connectivity index (χ1) is 13.9. The normalized spacial score (nSPS) is 11.7. The number of primary sulfonamides is 1. The molecule has 0 radical (unpaired) electrons. The molecule has 1 aromatic heterocycles. The second-order valence-electron chi connectivity index (χ2n) is 6.72. The Bertz CT molecular complexity index is 1360. The van der Waals surface area contributed by atoms with Crippen molar-refractivity contribution in [3.05, 3.63) is 78.0 Å². The lowest BCUT2D eigenvalue weighted by Gasteiger charge is -2.12. The molecule has 0 spiro atoms. The molecule has 1 heterocycles. The number of carbonyl (C=O) groups excluding carboxylic acids is 1. The number of amides is 1. The standard InChI is InChI=1S/C22H19N3O3S/c1-2-14-9-10-16(13-20(14)29(23,27)28)25-22(26)19-12-15-6-3-4-7-17(15)18-8-5-11-24-21(18)19/h3-13H,2H2,1H3,(H,25,26)(H2,23,27,28). The number of aromatic nitrogens is 1. The molecule has 4 rings (SSSR count). The molecule has 0 saturated carbocycles. The number of benzene rings is 3. The molecular weight excluding hydrogens is 386 g/mol. The Balaban J connectivity index is 1.81. The van der Waals surface area contributed by atoms with E-state index in [4.69, 9.17) is 5.14 Å². The molecule has 0 aliphatic rings. The number of anilines is 1. The topological polar surface area (TPSA) is 102 Å². The summed E-state index contributed by atoms with van der Waals surface area (Å²) >= 11 is 0. The Morgan fingerprint density at radius 3 is 2.55 bits per heavy atom. The zero-order valence-corrected chi connectivity index (χ0v) is 16.5. The molecule has 3 N–H and O–H groups in total. The monoisotopic (exact) mass is 405 g/mol. The van der Waals surface area contributed by atoms with Crippen molar-refractivity contribution in [2.24, 2.45) is 5.14 Å². The van der Waals surface area contributed by atoms with E-state index in [1.54, 1.807) is 24.4 Å². The highest BCUT2D eigenvalue weighted by Gasteiger charge is 2.17. The molecule has 3 aromatic carbocycles. The summed E-state index contributed by atoms with van der Waals surface area (Å²) in [6, 6.07) is 18.1. The molecule has 0 saturated heterocycles. The summed E-state index contributed by atoms with van der Waals surface area (Å²) in [5.74, 6) is -0.371. The quantitative estimate of drug-likeness (QED) is 0.503. The van der Waals surface area contributed by atoms with Gasteiger partial charge in [-0.1, -0.05) is 43.3 Å². The van der Waals surface area contributed by atoms with Gasteiger partial charge in [-0.3, -0.25) is 9.78 Å². The minimum absolute atomic E-state index is 0.0132. The highest BCUT2D eigenvalue weighted by Crippen LogP contribution is 2.28. The molecule has 0 aliphatic carbocycles. The third-order valence-electron chi connectivity index (χ3n) is 4.87. The minimum Gasteiger partial charge on any atom is -0.322 e. The van der Waals surface area contributed by atoms with Crippen molar-refractivity contribution in [2.45, 2.75) is 18.2 Å². The molecule has 6 nitrogen and oxygen atoms in total. The molecule has 1 amide bonds. The number of nitrogens with one attached hydrogen (secondary N) is 1. The molecular formula is C22H19N3O3S. The van der Waals surface area contributed by atoms with Gasteiger partial charge in [-0.05, 0) is 47.0 Å². The van der Waals surface area contributed by atoms with Gasteiger partial charge in [0.1, 0.15) is 0 Å². The van der Waals surface area contributed by atoms with Crippen molar-refractivity contribution < 1.29 is 13.2 Å². The summed E-state index contributed by atoms with van der Waals surface area (Å²) in [6.07, 6.45) is 2.16. The smallest absolute Gasteiger partial charge is 0.257 e. The van der Waals surface area contributed by atoms with Crippen LogP contribution in [-0.2, 0) is 16.4 Å². The Kier molecular flexibility index (Phi) is 4.77. The Morgan fingerprint density at radius 2 is 1.79 bits per heavy atom. The number of fused-ring (bicyclic) bond motifs is 3. The summed E-state index contributed by atoms with van der Waals surface area (Å²) in [5, 5.41) is 10.9. The van der Waals surface area contributed by atoms with Crippen molar-refractivity contribution in [3.63, 3.8) is 0 Å². The summed E-state index contributed by atoms with van der Waals surface area (Å²) < 4.78 is 23.8. The molecule has 29 heavy (non-hydrogen) atoms.